The lowest BCUT2D eigenvalue weighted by Gasteiger charge is -2.06. The lowest BCUT2D eigenvalue weighted by atomic mass is 10.0. The zero-order chi connectivity index (χ0) is 32.4. The second kappa shape index (κ2) is 14.6. The molecule has 0 fully saturated rings. The van der Waals surface area contributed by atoms with Gasteiger partial charge in [0.2, 0.25) is 0 Å². The van der Waals surface area contributed by atoms with Gasteiger partial charge in [-0.2, -0.15) is 10.2 Å². The molecule has 0 radical (unpaired) electrons. The van der Waals surface area contributed by atoms with Gasteiger partial charge in [0, 0.05) is 23.5 Å². The summed E-state index contributed by atoms with van der Waals surface area (Å²) in [7, 11) is -3.60. The van der Waals surface area contributed by atoms with Crippen molar-refractivity contribution in [3.8, 4) is 11.5 Å². The normalized spacial score (nSPS) is 11.4. The van der Waals surface area contributed by atoms with Crippen LogP contribution in [0.5, 0.6) is 11.5 Å². The number of pyridine rings is 1. The highest BCUT2D eigenvalue weighted by atomic mass is 32.2. The average Bonchev–Trinajstić information content (AvgIpc) is 3.07. The Bertz CT molecular complexity index is 2140. The quantitative estimate of drug-likeness (QED) is 0.125. The fourth-order valence-corrected chi connectivity index (χ4v) is 5.46. The van der Waals surface area contributed by atoms with Crippen molar-refractivity contribution in [1.82, 2.24) is 15.2 Å². The number of aromatic hydroxyl groups is 2. The number of phenols is 2. The second-order valence-electron chi connectivity index (χ2n) is 9.97. The molecule has 1 heterocycles. The largest absolute Gasteiger partial charge is 0.507 e. The molecule has 11 heteroatoms. The Hall–Kier alpha value is -6.07. The molecule has 0 aliphatic rings. The minimum atomic E-state index is -3.60. The molecule has 1 amide bonds. The Kier molecular flexibility index (Phi) is 9.95. The molecule has 6 rings (SSSR count). The van der Waals surface area contributed by atoms with Crippen LogP contribution in [0.3, 0.4) is 0 Å². The number of amides is 1. The van der Waals surface area contributed by atoms with Gasteiger partial charge in [0.1, 0.15) is 11.5 Å². The summed E-state index contributed by atoms with van der Waals surface area (Å²) in [6.45, 7) is 0. The topological polar surface area (TPSA) is 153 Å². The number of carbonyl (C=O) groups is 1. The lowest BCUT2D eigenvalue weighted by Crippen LogP contribution is -2.20. The average molecular weight is 632 g/mol. The lowest BCUT2D eigenvalue weighted by molar-refractivity contribution is 0.0954. The Morgan fingerprint density at radius 3 is 1.85 bits per heavy atom. The third-order valence-electron chi connectivity index (χ3n) is 6.76. The maximum absolute atomic E-state index is 12.1. The van der Waals surface area contributed by atoms with Crippen molar-refractivity contribution in [2.45, 2.75) is 5.75 Å². The van der Waals surface area contributed by atoms with Crippen molar-refractivity contribution in [2.24, 2.45) is 10.2 Å². The van der Waals surface area contributed by atoms with Crippen LogP contribution in [-0.2, 0) is 15.8 Å². The molecule has 0 unspecified atom stereocenters. The third-order valence-corrected chi connectivity index (χ3v) is 7.86. The van der Waals surface area contributed by atoms with Crippen LogP contribution in [0.1, 0.15) is 27.0 Å². The van der Waals surface area contributed by atoms with E-state index >= 15 is 0 Å². The minimum Gasteiger partial charge on any atom is -0.507 e. The van der Waals surface area contributed by atoms with Crippen LogP contribution >= 0.6 is 0 Å². The summed E-state index contributed by atoms with van der Waals surface area (Å²) in [5, 5.41) is 31.3. The smallest absolute Gasteiger partial charge is 0.272 e. The summed E-state index contributed by atoms with van der Waals surface area (Å²) in [6.07, 6.45) is 5.81. The first-order valence-electron chi connectivity index (χ1n) is 14.0. The monoisotopic (exact) mass is 631 g/mol. The van der Waals surface area contributed by atoms with Crippen molar-refractivity contribution >= 4 is 49.9 Å². The Labute approximate surface area is 265 Å². The van der Waals surface area contributed by atoms with Gasteiger partial charge in [-0.15, -0.1) is 0 Å². The number of sulfonamides is 1. The standard InChI is InChI=1S/C18H16N2O3S.C17H13N3O2/c21-18-11-10-15-8-4-5-9-16(15)17(18)12-19-20-24(22,23)13-14-6-2-1-3-7-14;21-16-8-7-12-4-1-2-6-14(12)15(16)11-19-20-17(22)13-5-3-9-18-10-13/h1-12,20-21H,13H2;1-11,21H,(H,20,22)/b19-12+;19-11+. The van der Waals surface area contributed by atoms with Gasteiger partial charge in [-0.05, 0) is 51.4 Å². The van der Waals surface area contributed by atoms with Gasteiger partial charge in [-0.3, -0.25) is 9.78 Å². The number of hydrogen-bond acceptors (Lipinski definition) is 8. The fourth-order valence-electron chi connectivity index (χ4n) is 4.55. The van der Waals surface area contributed by atoms with E-state index in [0.29, 0.717) is 22.3 Å². The van der Waals surface area contributed by atoms with Gasteiger partial charge in [0.15, 0.2) is 0 Å². The Morgan fingerprint density at radius 1 is 0.696 bits per heavy atom. The van der Waals surface area contributed by atoms with Gasteiger partial charge in [-0.25, -0.2) is 18.7 Å². The zero-order valence-electron chi connectivity index (χ0n) is 24.4. The molecule has 0 aliphatic carbocycles. The SMILES string of the molecule is O=C(N/N=C/c1c(O)ccc2ccccc12)c1cccnc1.O=S(=O)(Cc1ccccc1)N/N=C/c1c(O)ccc2ccccc12. The summed E-state index contributed by atoms with van der Waals surface area (Å²) in [5.41, 5.74) is 4.54. The van der Waals surface area contributed by atoms with E-state index in [1.165, 1.54) is 18.6 Å². The minimum absolute atomic E-state index is 0.0414. The van der Waals surface area contributed by atoms with Crippen LogP contribution in [0, 0.1) is 0 Å². The highest BCUT2D eigenvalue weighted by molar-refractivity contribution is 7.88. The van der Waals surface area contributed by atoms with Crippen molar-refractivity contribution < 1.29 is 23.4 Å². The molecule has 5 aromatic carbocycles. The van der Waals surface area contributed by atoms with Gasteiger partial charge in [0.05, 0.1) is 23.7 Å². The molecular formula is C35H29N5O5S. The number of nitrogens with zero attached hydrogens (tertiary/aromatic N) is 3. The van der Waals surface area contributed by atoms with E-state index in [-0.39, 0.29) is 23.2 Å². The predicted octanol–water partition coefficient (Wildman–Crippen LogP) is 5.70. The van der Waals surface area contributed by atoms with E-state index in [4.69, 9.17) is 0 Å². The molecule has 0 bridgehead atoms. The number of carbonyl (C=O) groups excluding carboxylic acids is 1. The molecule has 0 saturated carbocycles. The van der Waals surface area contributed by atoms with Crippen molar-refractivity contribution in [1.29, 1.82) is 0 Å². The third kappa shape index (κ3) is 8.10. The van der Waals surface area contributed by atoms with E-state index in [0.717, 1.165) is 21.5 Å². The molecule has 0 spiro atoms. The highest BCUT2D eigenvalue weighted by Crippen LogP contribution is 2.26. The number of rotatable bonds is 8. The Balaban J connectivity index is 0.000000182. The van der Waals surface area contributed by atoms with E-state index < -0.39 is 10.0 Å². The molecule has 46 heavy (non-hydrogen) atoms. The molecular weight excluding hydrogens is 602 g/mol. The summed E-state index contributed by atoms with van der Waals surface area (Å²) in [4.78, 5) is 17.9. The molecule has 0 aliphatic heterocycles. The van der Waals surface area contributed by atoms with Gasteiger partial charge >= 0.3 is 0 Å². The van der Waals surface area contributed by atoms with Gasteiger partial charge in [0.25, 0.3) is 15.9 Å². The van der Waals surface area contributed by atoms with E-state index in [1.54, 1.807) is 60.8 Å². The maximum Gasteiger partial charge on any atom is 0.272 e. The van der Waals surface area contributed by atoms with E-state index in [2.05, 4.69) is 25.4 Å². The Morgan fingerprint density at radius 2 is 1.26 bits per heavy atom. The molecule has 0 saturated heterocycles. The molecule has 6 aromatic rings. The molecule has 4 N–H and O–H groups in total. The number of fused-ring (bicyclic) bond motifs is 2. The summed E-state index contributed by atoms with van der Waals surface area (Å²) in [5.74, 6) is -0.367. The predicted molar refractivity (Wildman–Crippen MR) is 180 cm³/mol. The van der Waals surface area contributed by atoms with Crippen molar-refractivity contribution in [2.75, 3.05) is 0 Å². The molecule has 10 nitrogen and oxygen atoms in total. The van der Waals surface area contributed by atoms with Crippen LogP contribution in [0.15, 0.2) is 138 Å². The summed E-state index contributed by atoms with van der Waals surface area (Å²) < 4.78 is 24.1. The summed E-state index contributed by atoms with van der Waals surface area (Å²) >= 11 is 0. The molecule has 230 valence electrons. The highest BCUT2D eigenvalue weighted by Gasteiger charge is 2.10. The molecule has 0 atom stereocenters. The summed E-state index contributed by atoms with van der Waals surface area (Å²) in [6, 6.07) is 34.1. The number of hydrazone groups is 2. The number of nitrogens with one attached hydrogen (secondary N) is 2. The van der Waals surface area contributed by atoms with Crippen LogP contribution in [0.2, 0.25) is 0 Å². The maximum atomic E-state index is 12.1. The van der Waals surface area contributed by atoms with Crippen LogP contribution in [0.25, 0.3) is 21.5 Å². The van der Waals surface area contributed by atoms with Crippen LogP contribution < -0.4 is 10.3 Å². The van der Waals surface area contributed by atoms with Crippen LogP contribution in [-0.4, -0.2) is 42.0 Å². The first kappa shape index (κ1) is 31.4. The first-order valence-corrected chi connectivity index (χ1v) is 15.7. The first-order chi connectivity index (χ1) is 22.3. The van der Waals surface area contributed by atoms with E-state index in [1.807, 2.05) is 60.7 Å². The molecule has 1 aromatic heterocycles. The van der Waals surface area contributed by atoms with Crippen molar-refractivity contribution in [3.63, 3.8) is 0 Å². The fraction of sp³-hybridized carbons (Fsp3) is 0.0286. The second-order valence-corrected chi connectivity index (χ2v) is 11.7. The van der Waals surface area contributed by atoms with Gasteiger partial charge in [-0.1, -0.05) is 91.0 Å². The van der Waals surface area contributed by atoms with Crippen LogP contribution in [0.4, 0.5) is 0 Å². The number of benzene rings is 5. The zero-order valence-corrected chi connectivity index (χ0v) is 25.2. The van der Waals surface area contributed by atoms with Crippen molar-refractivity contribution in [3.05, 3.63) is 150 Å². The van der Waals surface area contributed by atoms with E-state index in [9.17, 15) is 23.4 Å². The number of hydrogen-bond donors (Lipinski definition) is 4. The van der Waals surface area contributed by atoms with Gasteiger partial charge < -0.3 is 10.2 Å². The number of phenolic OH excluding ortho intramolecular Hbond substituents is 2. The number of aromatic nitrogens is 1.